The number of thiocarbonyl (C=S) groups is 1. The molecule has 1 aliphatic heterocycles. The van der Waals surface area contributed by atoms with Gasteiger partial charge in [-0.1, -0.05) is 78.4 Å². The number of amides is 2. The van der Waals surface area contributed by atoms with Gasteiger partial charge in [0.1, 0.15) is 5.57 Å². The lowest BCUT2D eigenvalue weighted by atomic mass is 10.0. The lowest BCUT2D eigenvalue weighted by molar-refractivity contribution is -0.122. The number of rotatable bonds is 4. The van der Waals surface area contributed by atoms with Gasteiger partial charge in [-0.3, -0.25) is 19.8 Å². The topological polar surface area (TPSA) is 54.3 Å². The molecule has 0 radical (unpaired) electrons. The first-order valence-corrected chi connectivity index (χ1v) is 12.8. The second kappa shape index (κ2) is 9.39. The van der Waals surface area contributed by atoms with Crippen molar-refractivity contribution < 1.29 is 9.59 Å². The fourth-order valence-electron chi connectivity index (χ4n) is 5.22. The zero-order valence-electron chi connectivity index (χ0n) is 21.1. The number of nitrogens with one attached hydrogen (secondary N) is 1. The Morgan fingerprint density at radius 1 is 0.868 bits per heavy atom. The van der Waals surface area contributed by atoms with Gasteiger partial charge in [-0.2, -0.15) is 0 Å². The molecule has 6 rings (SSSR count). The molecular formula is C32H25N3O2S. The Kier molecular flexibility index (Phi) is 5.89. The van der Waals surface area contributed by atoms with Crippen LogP contribution in [0.1, 0.15) is 22.3 Å². The van der Waals surface area contributed by atoms with Crippen LogP contribution in [0.25, 0.3) is 27.8 Å². The van der Waals surface area contributed by atoms with Gasteiger partial charge in [-0.15, -0.1) is 0 Å². The van der Waals surface area contributed by atoms with Gasteiger partial charge in [0, 0.05) is 29.2 Å². The van der Waals surface area contributed by atoms with Crippen LogP contribution in [0.5, 0.6) is 0 Å². The third-order valence-corrected chi connectivity index (χ3v) is 7.32. The summed E-state index contributed by atoms with van der Waals surface area (Å²) in [6.45, 7) is 4.58. The maximum Gasteiger partial charge on any atom is 0.270 e. The quantitative estimate of drug-likeness (QED) is 0.174. The fraction of sp³-hybridized carbons (Fsp3) is 0.0938. The Bertz CT molecular complexity index is 1810. The van der Waals surface area contributed by atoms with E-state index in [1.54, 1.807) is 6.08 Å². The Hall–Kier alpha value is -4.55. The van der Waals surface area contributed by atoms with Crippen LogP contribution in [0, 0.1) is 13.8 Å². The van der Waals surface area contributed by atoms with Crippen molar-refractivity contribution >= 4 is 62.6 Å². The van der Waals surface area contributed by atoms with Crippen LogP contribution in [-0.4, -0.2) is 21.5 Å². The van der Waals surface area contributed by atoms with Gasteiger partial charge in [0.25, 0.3) is 11.8 Å². The Morgan fingerprint density at radius 2 is 1.61 bits per heavy atom. The Morgan fingerprint density at radius 3 is 2.42 bits per heavy atom. The van der Waals surface area contributed by atoms with Crippen molar-refractivity contribution in [1.29, 1.82) is 0 Å². The van der Waals surface area contributed by atoms with Crippen LogP contribution in [0.4, 0.5) is 5.69 Å². The first-order valence-electron chi connectivity index (χ1n) is 12.4. The number of hydrogen-bond acceptors (Lipinski definition) is 3. The highest BCUT2D eigenvalue weighted by Crippen LogP contribution is 2.29. The van der Waals surface area contributed by atoms with Crippen LogP contribution >= 0.6 is 12.2 Å². The van der Waals surface area contributed by atoms with Crippen LogP contribution in [-0.2, 0) is 16.1 Å². The second-order valence-electron chi connectivity index (χ2n) is 9.62. The third-order valence-electron chi connectivity index (χ3n) is 7.03. The number of hydrogen-bond donors (Lipinski definition) is 1. The number of para-hydroxylation sites is 1. The van der Waals surface area contributed by atoms with Gasteiger partial charge in [0.05, 0.1) is 5.69 Å². The summed E-state index contributed by atoms with van der Waals surface area (Å²) in [7, 11) is 0. The molecular weight excluding hydrogens is 490 g/mol. The Balaban J connectivity index is 1.43. The minimum atomic E-state index is -0.494. The number of carbonyl (C=O) groups excluding carboxylic acids is 2. The monoisotopic (exact) mass is 515 g/mol. The van der Waals surface area contributed by atoms with Crippen molar-refractivity contribution in [3.63, 3.8) is 0 Å². The summed E-state index contributed by atoms with van der Waals surface area (Å²) < 4.78 is 2.17. The van der Waals surface area contributed by atoms with Gasteiger partial charge < -0.3 is 4.57 Å². The number of aryl methyl sites for hydroxylation is 2. The third kappa shape index (κ3) is 4.09. The van der Waals surface area contributed by atoms with Crippen molar-refractivity contribution in [2.75, 3.05) is 4.90 Å². The molecule has 0 atom stereocenters. The van der Waals surface area contributed by atoms with E-state index in [0.717, 1.165) is 27.6 Å². The molecule has 0 saturated carbocycles. The average molecular weight is 516 g/mol. The molecule has 0 spiro atoms. The number of anilines is 1. The molecule has 186 valence electrons. The first kappa shape index (κ1) is 23.8. The number of carbonyl (C=O) groups is 2. The predicted molar refractivity (Wildman–Crippen MR) is 157 cm³/mol. The van der Waals surface area contributed by atoms with Gasteiger partial charge in [-0.05, 0) is 66.2 Å². The van der Waals surface area contributed by atoms with Crippen molar-refractivity contribution in [2.24, 2.45) is 0 Å². The normalized spacial score (nSPS) is 15.1. The molecule has 6 heteroatoms. The zero-order valence-corrected chi connectivity index (χ0v) is 21.9. The molecule has 0 bridgehead atoms. The molecule has 0 unspecified atom stereocenters. The van der Waals surface area contributed by atoms with Crippen LogP contribution in [0.2, 0.25) is 0 Å². The number of aromatic nitrogens is 1. The van der Waals surface area contributed by atoms with E-state index in [2.05, 4.69) is 52.3 Å². The van der Waals surface area contributed by atoms with Crippen molar-refractivity contribution in [3.8, 4) is 0 Å². The van der Waals surface area contributed by atoms with E-state index >= 15 is 0 Å². The minimum absolute atomic E-state index is 0.0478. The van der Waals surface area contributed by atoms with E-state index in [1.165, 1.54) is 21.2 Å². The second-order valence-corrected chi connectivity index (χ2v) is 10.0. The standard InChI is InChI=1S/C32H25N3O2S/c1-20-14-15-28(21(2)16-20)35-31(37)27(30(36)33-32(35)38)17-24-19-34(29-13-6-5-12-26(24)29)18-23-10-7-9-22-8-3-4-11-25(22)23/h3-17,19H,18H2,1-2H3,(H,33,36,38)/b27-17+. The summed E-state index contributed by atoms with van der Waals surface area (Å²) in [4.78, 5) is 28.1. The van der Waals surface area contributed by atoms with E-state index in [1.807, 2.05) is 62.5 Å². The van der Waals surface area contributed by atoms with E-state index in [9.17, 15) is 9.59 Å². The lowest BCUT2D eigenvalue weighted by Gasteiger charge is -2.30. The summed E-state index contributed by atoms with van der Waals surface area (Å²) in [6.07, 6.45) is 3.69. The highest BCUT2D eigenvalue weighted by Gasteiger charge is 2.35. The largest absolute Gasteiger partial charge is 0.342 e. The maximum atomic E-state index is 13.7. The van der Waals surface area contributed by atoms with E-state index in [0.29, 0.717) is 12.2 Å². The van der Waals surface area contributed by atoms with Crippen LogP contribution < -0.4 is 10.2 Å². The smallest absolute Gasteiger partial charge is 0.270 e. The first-order chi connectivity index (χ1) is 18.4. The predicted octanol–water partition coefficient (Wildman–Crippen LogP) is 6.29. The Labute approximate surface area is 226 Å². The van der Waals surface area contributed by atoms with Gasteiger partial charge >= 0.3 is 0 Å². The summed E-state index contributed by atoms with van der Waals surface area (Å²) in [5.74, 6) is -0.927. The molecule has 38 heavy (non-hydrogen) atoms. The summed E-state index contributed by atoms with van der Waals surface area (Å²) in [5.41, 5.74) is 5.72. The van der Waals surface area contributed by atoms with Crippen molar-refractivity contribution in [3.05, 3.63) is 119 Å². The molecule has 1 aromatic heterocycles. The number of benzene rings is 4. The molecule has 2 heterocycles. The average Bonchev–Trinajstić information content (AvgIpc) is 3.25. The van der Waals surface area contributed by atoms with E-state index in [-0.39, 0.29) is 10.7 Å². The molecule has 1 N–H and O–H groups in total. The minimum Gasteiger partial charge on any atom is -0.342 e. The molecule has 4 aromatic carbocycles. The summed E-state index contributed by atoms with van der Waals surface area (Å²) in [6, 6.07) is 28.5. The highest BCUT2D eigenvalue weighted by molar-refractivity contribution is 7.80. The fourth-order valence-corrected chi connectivity index (χ4v) is 5.50. The molecule has 5 aromatic rings. The SMILES string of the molecule is Cc1ccc(N2C(=O)/C(=C/c3cn(Cc4cccc5ccccc45)c4ccccc34)C(=O)NC2=S)c(C)c1. The molecule has 1 aliphatic rings. The molecule has 2 amide bonds. The van der Waals surface area contributed by atoms with E-state index < -0.39 is 11.8 Å². The van der Waals surface area contributed by atoms with Gasteiger partial charge in [0.15, 0.2) is 5.11 Å². The number of fused-ring (bicyclic) bond motifs is 2. The van der Waals surface area contributed by atoms with Gasteiger partial charge in [0.2, 0.25) is 0 Å². The summed E-state index contributed by atoms with van der Waals surface area (Å²) in [5, 5.41) is 6.15. The lowest BCUT2D eigenvalue weighted by Crippen LogP contribution is -2.54. The molecule has 1 fully saturated rings. The maximum absolute atomic E-state index is 13.7. The van der Waals surface area contributed by atoms with Crippen LogP contribution in [0.3, 0.4) is 0 Å². The zero-order chi connectivity index (χ0) is 26.4. The highest BCUT2D eigenvalue weighted by atomic mass is 32.1. The van der Waals surface area contributed by atoms with E-state index in [4.69, 9.17) is 12.2 Å². The summed E-state index contributed by atoms with van der Waals surface area (Å²) >= 11 is 5.41. The van der Waals surface area contributed by atoms with Crippen molar-refractivity contribution in [2.45, 2.75) is 20.4 Å². The molecule has 1 saturated heterocycles. The van der Waals surface area contributed by atoms with Crippen LogP contribution in [0.15, 0.2) is 96.7 Å². The molecule has 0 aliphatic carbocycles. The van der Waals surface area contributed by atoms with Crippen molar-refractivity contribution in [1.82, 2.24) is 9.88 Å². The number of nitrogens with zero attached hydrogens (tertiary/aromatic N) is 2. The molecule has 5 nitrogen and oxygen atoms in total. The van der Waals surface area contributed by atoms with Gasteiger partial charge in [-0.25, -0.2) is 0 Å².